The Labute approximate surface area is 107 Å². The summed E-state index contributed by atoms with van der Waals surface area (Å²) in [5.41, 5.74) is 3.19. The van der Waals surface area contributed by atoms with Gasteiger partial charge in [0.2, 0.25) is 0 Å². The fourth-order valence-electron chi connectivity index (χ4n) is 1.95. The highest BCUT2D eigenvalue weighted by Gasteiger charge is 2.13. The highest BCUT2D eigenvalue weighted by molar-refractivity contribution is 5.28. The minimum absolute atomic E-state index is 0.264. The van der Waals surface area contributed by atoms with Crippen molar-refractivity contribution in [3.8, 4) is 0 Å². The highest BCUT2D eigenvalue weighted by atomic mass is 15.0. The zero-order valence-corrected chi connectivity index (χ0v) is 12.1. The molecule has 0 aliphatic carbocycles. The first-order valence-electron chi connectivity index (χ1n) is 6.64. The van der Waals surface area contributed by atoms with Gasteiger partial charge in [-0.15, -0.1) is 0 Å². The summed E-state index contributed by atoms with van der Waals surface area (Å²) in [6, 6.07) is 9.06. The Kier molecular flexibility index (Phi) is 5.20. The Morgan fingerprint density at radius 1 is 1.06 bits per heavy atom. The summed E-state index contributed by atoms with van der Waals surface area (Å²) in [6.07, 6.45) is 3.77. The van der Waals surface area contributed by atoms with Crippen molar-refractivity contribution in [3.05, 3.63) is 35.4 Å². The first-order valence-corrected chi connectivity index (χ1v) is 6.64. The van der Waals surface area contributed by atoms with Crippen molar-refractivity contribution >= 4 is 0 Å². The number of benzene rings is 1. The minimum Gasteiger partial charge on any atom is -0.309 e. The van der Waals surface area contributed by atoms with Gasteiger partial charge in [0, 0.05) is 0 Å². The molecule has 0 saturated heterocycles. The molecule has 0 fully saturated rings. The predicted octanol–water partition coefficient (Wildman–Crippen LogP) is 3.87. The molecule has 96 valence electrons. The lowest BCUT2D eigenvalue weighted by atomic mass is 9.86. The minimum atomic E-state index is 0.264. The predicted molar refractivity (Wildman–Crippen MR) is 76.6 cm³/mol. The third-order valence-electron chi connectivity index (χ3n) is 3.11. The van der Waals surface area contributed by atoms with Crippen LogP contribution in [-0.4, -0.2) is 25.5 Å². The van der Waals surface area contributed by atoms with Gasteiger partial charge in [0.15, 0.2) is 0 Å². The van der Waals surface area contributed by atoms with Gasteiger partial charge in [-0.1, -0.05) is 45.0 Å². The van der Waals surface area contributed by atoms with Gasteiger partial charge >= 0.3 is 0 Å². The molecule has 0 aliphatic heterocycles. The summed E-state index contributed by atoms with van der Waals surface area (Å²) in [5, 5.41) is 0. The number of rotatable bonds is 5. The van der Waals surface area contributed by atoms with Gasteiger partial charge < -0.3 is 4.90 Å². The Bertz CT molecular complexity index is 334. The molecule has 0 spiro atoms. The molecule has 1 aromatic carbocycles. The molecule has 0 heterocycles. The van der Waals surface area contributed by atoms with Crippen LogP contribution >= 0.6 is 0 Å². The fraction of sp³-hybridized carbons (Fsp3) is 0.625. The van der Waals surface area contributed by atoms with Crippen molar-refractivity contribution in [1.82, 2.24) is 4.90 Å². The van der Waals surface area contributed by atoms with Crippen molar-refractivity contribution in [1.29, 1.82) is 0 Å². The maximum Gasteiger partial charge on any atom is -0.00247 e. The van der Waals surface area contributed by atoms with Crippen molar-refractivity contribution in [3.63, 3.8) is 0 Å². The lowest BCUT2D eigenvalue weighted by Gasteiger charge is -2.19. The maximum absolute atomic E-state index is 2.37. The molecule has 0 aromatic heterocycles. The smallest absolute Gasteiger partial charge is 0.00247 e. The number of hydrogen-bond donors (Lipinski definition) is 0. The first-order chi connectivity index (χ1) is 7.89. The van der Waals surface area contributed by atoms with Crippen LogP contribution in [-0.2, 0) is 11.8 Å². The second-order valence-electron chi connectivity index (χ2n) is 6.21. The van der Waals surface area contributed by atoms with Crippen LogP contribution in [0.1, 0.15) is 44.7 Å². The largest absolute Gasteiger partial charge is 0.309 e. The van der Waals surface area contributed by atoms with Crippen molar-refractivity contribution in [2.75, 3.05) is 20.6 Å². The third-order valence-corrected chi connectivity index (χ3v) is 3.11. The van der Waals surface area contributed by atoms with E-state index in [0.717, 1.165) is 0 Å². The average Bonchev–Trinajstić information content (AvgIpc) is 2.23. The monoisotopic (exact) mass is 233 g/mol. The van der Waals surface area contributed by atoms with E-state index in [1.54, 1.807) is 0 Å². The zero-order valence-electron chi connectivity index (χ0n) is 12.1. The van der Waals surface area contributed by atoms with E-state index in [1.165, 1.54) is 36.9 Å². The molecule has 0 aliphatic rings. The molecule has 0 radical (unpaired) electrons. The standard InChI is InChI=1S/C16H27N/c1-16(2,3)15-11-8-10-14(13-15)9-6-7-12-17(4)5/h8,10-11,13H,6-7,9,12H2,1-5H3. The molecular formula is C16H27N. The molecular weight excluding hydrogens is 206 g/mol. The van der Waals surface area contributed by atoms with E-state index in [0.29, 0.717) is 0 Å². The summed E-state index contributed by atoms with van der Waals surface area (Å²) >= 11 is 0. The fourth-order valence-corrected chi connectivity index (χ4v) is 1.95. The van der Waals surface area contributed by atoms with Crippen LogP contribution in [0.25, 0.3) is 0 Å². The Balaban J connectivity index is 2.49. The van der Waals surface area contributed by atoms with E-state index in [2.05, 4.69) is 64.0 Å². The van der Waals surface area contributed by atoms with Crippen molar-refractivity contribution in [2.24, 2.45) is 0 Å². The molecule has 1 aromatic rings. The van der Waals surface area contributed by atoms with Gasteiger partial charge in [-0.05, 0) is 56.4 Å². The number of aryl methyl sites for hydroxylation is 1. The van der Waals surface area contributed by atoms with Gasteiger partial charge in [-0.2, -0.15) is 0 Å². The maximum atomic E-state index is 2.37. The first kappa shape index (κ1) is 14.2. The normalized spacial score (nSPS) is 12.1. The van der Waals surface area contributed by atoms with Gasteiger partial charge in [-0.3, -0.25) is 0 Å². The second kappa shape index (κ2) is 6.20. The van der Waals surface area contributed by atoms with Crippen LogP contribution in [0.15, 0.2) is 24.3 Å². The molecule has 0 atom stereocenters. The van der Waals surface area contributed by atoms with Crippen LogP contribution in [0.5, 0.6) is 0 Å². The highest BCUT2D eigenvalue weighted by Crippen LogP contribution is 2.23. The van der Waals surface area contributed by atoms with E-state index in [1.807, 2.05) is 0 Å². The second-order valence-corrected chi connectivity index (χ2v) is 6.21. The molecule has 1 rings (SSSR count). The quantitative estimate of drug-likeness (QED) is 0.698. The van der Waals surface area contributed by atoms with Crippen LogP contribution in [0, 0.1) is 0 Å². The average molecular weight is 233 g/mol. The van der Waals surface area contributed by atoms with Crippen LogP contribution in [0.2, 0.25) is 0 Å². The third kappa shape index (κ3) is 5.36. The van der Waals surface area contributed by atoms with Gasteiger partial charge in [0.05, 0.1) is 0 Å². The SMILES string of the molecule is CN(C)CCCCc1cccc(C(C)(C)C)c1. The van der Waals surface area contributed by atoms with Crippen molar-refractivity contribution in [2.45, 2.75) is 45.4 Å². The van der Waals surface area contributed by atoms with Crippen LogP contribution in [0.4, 0.5) is 0 Å². The molecule has 17 heavy (non-hydrogen) atoms. The summed E-state index contributed by atoms with van der Waals surface area (Å²) in [4.78, 5) is 2.26. The van der Waals surface area contributed by atoms with Gasteiger partial charge in [0.25, 0.3) is 0 Å². The van der Waals surface area contributed by atoms with E-state index < -0.39 is 0 Å². The van der Waals surface area contributed by atoms with Crippen molar-refractivity contribution < 1.29 is 0 Å². The number of nitrogens with zero attached hydrogens (tertiary/aromatic N) is 1. The molecule has 0 bridgehead atoms. The molecule has 0 saturated carbocycles. The van der Waals surface area contributed by atoms with Gasteiger partial charge in [0.1, 0.15) is 0 Å². The van der Waals surface area contributed by atoms with E-state index in [4.69, 9.17) is 0 Å². The lowest BCUT2D eigenvalue weighted by Crippen LogP contribution is -2.13. The molecule has 0 amide bonds. The summed E-state index contributed by atoms with van der Waals surface area (Å²) in [6.45, 7) is 8.02. The number of hydrogen-bond acceptors (Lipinski definition) is 1. The summed E-state index contributed by atoms with van der Waals surface area (Å²) in [5.74, 6) is 0. The zero-order chi connectivity index (χ0) is 12.9. The summed E-state index contributed by atoms with van der Waals surface area (Å²) < 4.78 is 0. The van der Waals surface area contributed by atoms with Crippen LogP contribution in [0.3, 0.4) is 0 Å². The van der Waals surface area contributed by atoms with E-state index in [-0.39, 0.29) is 5.41 Å². The lowest BCUT2D eigenvalue weighted by molar-refractivity contribution is 0.394. The van der Waals surface area contributed by atoms with Crippen LogP contribution < -0.4 is 0 Å². The molecule has 0 N–H and O–H groups in total. The molecule has 0 unspecified atom stereocenters. The van der Waals surface area contributed by atoms with E-state index >= 15 is 0 Å². The molecule has 1 nitrogen and oxygen atoms in total. The topological polar surface area (TPSA) is 3.24 Å². The Morgan fingerprint density at radius 2 is 1.76 bits per heavy atom. The number of unbranched alkanes of at least 4 members (excludes halogenated alkanes) is 1. The Hall–Kier alpha value is -0.820. The molecule has 1 heteroatoms. The summed E-state index contributed by atoms with van der Waals surface area (Å²) in [7, 11) is 4.28. The van der Waals surface area contributed by atoms with E-state index in [9.17, 15) is 0 Å². The Morgan fingerprint density at radius 3 is 2.35 bits per heavy atom. The van der Waals surface area contributed by atoms with Gasteiger partial charge in [-0.25, -0.2) is 0 Å².